The number of nitrogens with one attached hydrogen (secondary N) is 1. The molecule has 1 N–H and O–H groups in total. The van der Waals surface area contributed by atoms with Crippen molar-refractivity contribution in [1.29, 1.82) is 0 Å². The zero-order valence-corrected chi connectivity index (χ0v) is 26.2. The van der Waals surface area contributed by atoms with E-state index in [0.717, 1.165) is 0 Å². The van der Waals surface area contributed by atoms with Gasteiger partial charge in [-0.2, -0.15) is 20.5 Å². The Morgan fingerprint density at radius 2 is 1.22 bits per heavy atom. The number of aromatic amines is 1. The lowest BCUT2D eigenvalue weighted by molar-refractivity contribution is -0.0582. The second kappa shape index (κ2) is 15.0. The highest BCUT2D eigenvalue weighted by Gasteiger charge is 2.40. The van der Waals surface area contributed by atoms with Crippen LogP contribution in [-0.4, -0.2) is 40.3 Å². The molecule has 0 aliphatic carbocycles. The van der Waals surface area contributed by atoms with Crippen LogP contribution in [0.2, 0.25) is 0 Å². The van der Waals surface area contributed by atoms with E-state index in [1.54, 1.807) is 55.5 Å². The molecule has 0 spiro atoms. The van der Waals surface area contributed by atoms with Gasteiger partial charge in [0.05, 0.1) is 33.9 Å². The Morgan fingerprint density at radius 1 is 0.735 bits per heavy atom. The summed E-state index contributed by atoms with van der Waals surface area (Å²) in [7, 11) is 0. The lowest BCUT2D eigenvalue weighted by Gasteiger charge is -2.19. The van der Waals surface area contributed by atoms with E-state index >= 15 is 0 Å². The summed E-state index contributed by atoms with van der Waals surface area (Å²) in [4.78, 5) is 53.0. The highest BCUT2D eigenvalue weighted by atomic mass is 16.6. The first-order chi connectivity index (χ1) is 23.8. The number of carbonyl (C=O) groups excluding carboxylic acids is 2. The van der Waals surface area contributed by atoms with Crippen LogP contribution >= 0.6 is 0 Å². The van der Waals surface area contributed by atoms with Gasteiger partial charge < -0.3 is 14.2 Å². The predicted molar refractivity (Wildman–Crippen MR) is 178 cm³/mol. The molecule has 1 aliphatic rings. The van der Waals surface area contributed by atoms with Gasteiger partial charge in [0.1, 0.15) is 25.0 Å². The zero-order chi connectivity index (χ0) is 34.2. The fourth-order valence-electron chi connectivity index (χ4n) is 4.94. The highest BCUT2D eigenvalue weighted by molar-refractivity contribution is 5.90. The molecule has 6 rings (SSSR count). The average Bonchev–Trinajstić information content (AvgIpc) is 3.53. The van der Waals surface area contributed by atoms with Gasteiger partial charge in [0.2, 0.25) is 0 Å². The van der Waals surface area contributed by atoms with Crippen molar-refractivity contribution in [2.75, 3.05) is 6.61 Å². The van der Waals surface area contributed by atoms with Crippen molar-refractivity contribution < 1.29 is 23.8 Å². The van der Waals surface area contributed by atoms with Gasteiger partial charge >= 0.3 is 17.6 Å². The maximum atomic E-state index is 13.2. The smallest absolute Gasteiger partial charge is 0.338 e. The van der Waals surface area contributed by atoms with Gasteiger partial charge in [-0.15, -0.1) is 0 Å². The zero-order valence-electron chi connectivity index (χ0n) is 26.2. The molecule has 1 aliphatic heterocycles. The van der Waals surface area contributed by atoms with Crippen molar-refractivity contribution >= 4 is 34.7 Å². The van der Waals surface area contributed by atoms with Crippen LogP contribution in [0.15, 0.2) is 145 Å². The van der Waals surface area contributed by atoms with Crippen molar-refractivity contribution in [3.8, 4) is 0 Å². The average molecular weight is 659 g/mol. The van der Waals surface area contributed by atoms with E-state index in [9.17, 15) is 19.2 Å². The standard InChI is InChI=1S/C36H30N6O7/c1-23-21-42(36(46)37-33(23)43)32-20-30(49-35(45)25-14-18-29(19-15-25)41-39-27-10-6-3-7-11-27)31(48-32)22-47-34(44)24-12-16-28(17-13-24)40-38-26-8-4-2-5-9-26/h2-19,21,30-32H,20,22H2,1H3,(H,37,43,46)/t30-,31+,32+/m0/s1. The van der Waals surface area contributed by atoms with Crippen molar-refractivity contribution in [2.24, 2.45) is 20.5 Å². The van der Waals surface area contributed by atoms with E-state index in [2.05, 4.69) is 25.4 Å². The Morgan fingerprint density at radius 3 is 1.76 bits per heavy atom. The molecular formula is C36H30N6O7. The van der Waals surface area contributed by atoms with Crippen LogP contribution < -0.4 is 11.2 Å². The summed E-state index contributed by atoms with van der Waals surface area (Å²) >= 11 is 0. The molecule has 0 bridgehead atoms. The lowest BCUT2D eigenvalue weighted by atomic mass is 10.1. The Balaban J connectivity index is 1.13. The van der Waals surface area contributed by atoms with Gasteiger partial charge in [-0.25, -0.2) is 14.4 Å². The highest BCUT2D eigenvalue weighted by Crippen LogP contribution is 2.31. The number of rotatable bonds is 10. The minimum atomic E-state index is -0.921. The fraction of sp³-hybridized carbons (Fsp3) is 0.167. The summed E-state index contributed by atoms with van der Waals surface area (Å²) < 4.78 is 18.7. The number of carbonyl (C=O) groups is 2. The number of esters is 2. The summed E-state index contributed by atoms with van der Waals surface area (Å²) in [6.07, 6.45) is -1.29. The largest absolute Gasteiger partial charge is 0.459 e. The topological polar surface area (TPSA) is 166 Å². The SMILES string of the molecule is Cc1cn([C@H]2C[C@H](OC(=O)c3ccc(N=Nc4ccccc4)cc3)[C@@H](COC(=O)c3ccc(N=Nc4ccccc4)cc3)O2)c(=O)[nH]c1=O. The number of ether oxygens (including phenoxy) is 3. The number of benzene rings is 4. The molecule has 3 atom stereocenters. The monoisotopic (exact) mass is 658 g/mol. The van der Waals surface area contributed by atoms with Crippen LogP contribution in [0.4, 0.5) is 22.7 Å². The van der Waals surface area contributed by atoms with Gasteiger partial charge in [0.15, 0.2) is 0 Å². The predicted octanol–water partition coefficient (Wildman–Crippen LogP) is 7.05. The van der Waals surface area contributed by atoms with Crippen molar-refractivity contribution in [3.05, 3.63) is 153 Å². The lowest BCUT2D eigenvalue weighted by Crippen LogP contribution is -2.33. The van der Waals surface area contributed by atoms with Crippen LogP contribution in [-0.2, 0) is 14.2 Å². The first-order valence-corrected chi connectivity index (χ1v) is 15.3. The van der Waals surface area contributed by atoms with Crippen LogP contribution in [0.3, 0.4) is 0 Å². The van der Waals surface area contributed by atoms with Crippen molar-refractivity contribution in [3.63, 3.8) is 0 Å². The van der Waals surface area contributed by atoms with E-state index in [1.807, 2.05) is 60.7 Å². The van der Waals surface area contributed by atoms with Gasteiger partial charge in [-0.1, -0.05) is 36.4 Å². The molecule has 2 heterocycles. The third-order valence-corrected chi connectivity index (χ3v) is 7.55. The van der Waals surface area contributed by atoms with Crippen LogP contribution in [0.5, 0.6) is 0 Å². The maximum Gasteiger partial charge on any atom is 0.338 e. The van der Waals surface area contributed by atoms with Gasteiger partial charge in [-0.3, -0.25) is 14.3 Å². The molecule has 0 radical (unpaired) electrons. The molecule has 246 valence electrons. The van der Waals surface area contributed by atoms with Gasteiger partial charge in [0, 0.05) is 18.2 Å². The summed E-state index contributed by atoms with van der Waals surface area (Å²) in [6, 6.07) is 31.2. The van der Waals surface area contributed by atoms with Crippen LogP contribution in [0.1, 0.15) is 38.9 Å². The molecule has 49 heavy (non-hydrogen) atoms. The minimum Gasteiger partial charge on any atom is -0.459 e. The molecule has 0 unspecified atom stereocenters. The molecule has 4 aromatic carbocycles. The second-order valence-electron chi connectivity index (χ2n) is 11.1. The number of azo groups is 2. The van der Waals surface area contributed by atoms with E-state index in [4.69, 9.17) is 14.2 Å². The normalized spacial score (nSPS) is 17.4. The number of hydrogen-bond acceptors (Lipinski definition) is 11. The van der Waals surface area contributed by atoms with Gasteiger partial charge in [-0.05, 0) is 79.7 Å². The Kier molecular flexibility index (Phi) is 10.0. The number of aromatic nitrogens is 2. The van der Waals surface area contributed by atoms with Crippen LogP contribution in [0.25, 0.3) is 0 Å². The second-order valence-corrected chi connectivity index (χ2v) is 11.1. The van der Waals surface area contributed by atoms with Crippen LogP contribution in [0, 0.1) is 6.92 Å². The molecule has 1 aromatic heterocycles. The van der Waals surface area contributed by atoms with E-state index in [1.165, 1.54) is 10.8 Å². The number of H-pyrrole nitrogens is 1. The Hall–Kier alpha value is -6.34. The Bertz CT molecular complexity index is 2100. The quantitative estimate of drug-likeness (QED) is 0.124. The maximum absolute atomic E-state index is 13.2. The van der Waals surface area contributed by atoms with E-state index in [-0.39, 0.29) is 24.2 Å². The molecule has 5 aromatic rings. The summed E-state index contributed by atoms with van der Waals surface area (Å²) in [5.41, 5.74) is 2.06. The molecule has 0 amide bonds. The number of hydrogen-bond donors (Lipinski definition) is 1. The first-order valence-electron chi connectivity index (χ1n) is 15.3. The summed E-state index contributed by atoms with van der Waals surface area (Å²) in [5.74, 6) is -1.29. The Labute approximate surface area is 279 Å². The summed E-state index contributed by atoms with van der Waals surface area (Å²) in [5, 5.41) is 16.7. The number of nitrogens with zero attached hydrogens (tertiary/aromatic N) is 5. The number of aryl methyl sites for hydroxylation is 1. The fourth-order valence-corrected chi connectivity index (χ4v) is 4.94. The van der Waals surface area contributed by atoms with E-state index in [0.29, 0.717) is 28.3 Å². The molecule has 1 saturated heterocycles. The van der Waals surface area contributed by atoms with Crippen molar-refractivity contribution in [2.45, 2.75) is 31.8 Å². The molecular weight excluding hydrogens is 628 g/mol. The molecule has 0 saturated carbocycles. The third kappa shape index (κ3) is 8.34. The summed E-state index contributed by atoms with van der Waals surface area (Å²) in [6.45, 7) is 1.27. The minimum absolute atomic E-state index is 0.0594. The first kappa shape index (κ1) is 32.6. The van der Waals surface area contributed by atoms with Gasteiger partial charge in [0.25, 0.3) is 5.56 Å². The third-order valence-electron chi connectivity index (χ3n) is 7.55. The van der Waals surface area contributed by atoms with Crippen molar-refractivity contribution in [1.82, 2.24) is 9.55 Å². The molecule has 1 fully saturated rings. The molecule has 13 nitrogen and oxygen atoms in total. The van der Waals surface area contributed by atoms with E-state index < -0.39 is 41.6 Å². The molecule has 13 heteroatoms.